The number of allylic oxidation sites excluding steroid dienone is 1. The molecule has 7 aliphatic rings. The Labute approximate surface area is 359 Å². The summed E-state index contributed by atoms with van der Waals surface area (Å²) in [7, 11) is 0. The van der Waals surface area contributed by atoms with Crippen LogP contribution >= 0.6 is 0 Å². The summed E-state index contributed by atoms with van der Waals surface area (Å²) in [6, 6.07) is 6.09. The van der Waals surface area contributed by atoms with E-state index in [1.807, 2.05) is 23.1 Å². The summed E-state index contributed by atoms with van der Waals surface area (Å²) < 4.78 is 11.8. The maximum absolute atomic E-state index is 15.2. The van der Waals surface area contributed by atoms with Gasteiger partial charge in [-0.15, -0.1) is 0 Å². The first-order valence-corrected chi connectivity index (χ1v) is 23.3. The number of piperazine rings is 1. The van der Waals surface area contributed by atoms with E-state index < -0.39 is 17.4 Å². The average Bonchev–Trinajstić information content (AvgIpc) is 3.83. The SMILES string of the molecule is C=C(C)[C@@H]1CC[C@]2(C(=O)N3CCN(C(=O)/C=C/c4ccc5c(c4)CCO5)CC3)CC[C@]3(C)[C@H](CC[C@@H]4[C@@]5(C)CC[C@H](OC(=O)CC(C)(C)C(=O)O)C(C)(C)[C@@H]5CC[C@]43C)[C@@H]12. The minimum Gasteiger partial charge on any atom is -0.493 e. The zero-order chi connectivity index (χ0) is 43.2. The molecule has 5 aliphatic carbocycles. The number of carbonyl (C=O) groups is 4. The van der Waals surface area contributed by atoms with E-state index in [1.165, 1.54) is 11.1 Å². The molecule has 1 aromatic rings. The van der Waals surface area contributed by atoms with Crippen molar-refractivity contribution in [3.63, 3.8) is 0 Å². The van der Waals surface area contributed by atoms with Crippen LogP contribution in [-0.2, 0) is 30.3 Å². The second-order valence-corrected chi connectivity index (χ2v) is 22.5. The summed E-state index contributed by atoms with van der Waals surface area (Å²) >= 11 is 0. The monoisotopic (exact) mass is 825 g/mol. The number of nitrogens with zero attached hydrogens (tertiary/aromatic N) is 2. The molecule has 0 bridgehead atoms. The third kappa shape index (κ3) is 6.67. The van der Waals surface area contributed by atoms with Crippen LogP contribution < -0.4 is 4.74 Å². The molecule has 1 aromatic carbocycles. The summed E-state index contributed by atoms with van der Waals surface area (Å²) in [5.74, 6) is 1.81. The van der Waals surface area contributed by atoms with Crippen LogP contribution in [0.1, 0.15) is 137 Å². The molecule has 60 heavy (non-hydrogen) atoms. The molecular weight excluding hydrogens is 753 g/mol. The highest BCUT2D eigenvalue weighted by Gasteiger charge is 2.72. The van der Waals surface area contributed by atoms with Crippen molar-refractivity contribution in [3.8, 4) is 5.75 Å². The smallest absolute Gasteiger partial charge is 0.309 e. The molecule has 0 aromatic heterocycles. The molecule has 10 atom stereocenters. The topological polar surface area (TPSA) is 113 Å². The number of hydrogen-bond donors (Lipinski definition) is 1. The van der Waals surface area contributed by atoms with E-state index in [0.29, 0.717) is 62.4 Å². The largest absolute Gasteiger partial charge is 0.493 e. The lowest BCUT2D eigenvalue weighted by atomic mass is 9.32. The Morgan fingerprint density at radius 3 is 2.30 bits per heavy atom. The van der Waals surface area contributed by atoms with E-state index in [1.54, 1.807) is 19.9 Å². The fourth-order valence-corrected chi connectivity index (χ4v) is 15.4. The zero-order valence-corrected chi connectivity index (χ0v) is 37.9. The van der Waals surface area contributed by atoms with E-state index in [0.717, 1.165) is 81.9 Å². The standard InChI is InChI=1S/C51H72N2O7/c1-32(2)35-16-22-51(44(56)53-27-25-52(26-28-53)41(54)15-11-33-10-13-37-34(30-33)19-29-59-37)24-23-49(8)36(43(35)51)12-14-39-48(7)20-18-40(60-42(55)31-46(3,4)45(57)58)47(5,6)38(48)17-21-50(39,49)9/h10-11,13,15,30,35-36,38-40,43H,1,12,14,16-29,31H2,2-9H3,(H,57,58)/b15-11+/t35-,36+,38-,39+,40-,43+,48-,49+,50+,51-/m0/s1. The number of aliphatic carboxylic acids is 1. The number of carboxylic acid groups (broad SMARTS) is 1. The van der Waals surface area contributed by atoms with Crippen LogP contribution in [0.15, 0.2) is 36.4 Å². The third-order valence-corrected chi connectivity index (χ3v) is 18.9. The Hall–Kier alpha value is -3.62. The molecular formula is C51H72N2O7. The number of fused-ring (bicyclic) bond motifs is 8. The van der Waals surface area contributed by atoms with Gasteiger partial charge in [-0.2, -0.15) is 0 Å². The van der Waals surface area contributed by atoms with Gasteiger partial charge < -0.3 is 24.4 Å². The average molecular weight is 825 g/mol. The normalized spacial score (nSPS) is 38.1. The highest BCUT2D eigenvalue weighted by atomic mass is 16.5. The minimum atomic E-state index is -1.16. The van der Waals surface area contributed by atoms with Crippen LogP contribution in [0.4, 0.5) is 0 Å². The summed E-state index contributed by atoms with van der Waals surface area (Å²) in [6.45, 7) is 25.2. The van der Waals surface area contributed by atoms with Gasteiger partial charge in [0.2, 0.25) is 11.8 Å². The Balaban J connectivity index is 0.974. The second kappa shape index (κ2) is 15.0. The quantitative estimate of drug-likeness (QED) is 0.158. The van der Waals surface area contributed by atoms with Crippen LogP contribution in [-0.4, -0.2) is 77.5 Å². The van der Waals surface area contributed by atoms with Crippen LogP contribution in [0.25, 0.3) is 6.08 Å². The van der Waals surface area contributed by atoms with Gasteiger partial charge in [0, 0.05) is 44.1 Å². The van der Waals surface area contributed by atoms with E-state index in [4.69, 9.17) is 9.47 Å². The van der Waals surface area contributed by atoms with Crippen molar-refractivity contribution in [2.45, 2.75) is 139 Å². The fourth-order valence-electron chi connectivity index (χ4n) is 15.4. The molecule has 9 heteroatoms. The van der Waals surface area contributed by atoms with Gasteiger partial charge in [0.15, 0.2) is 0 Å². The van der Waals surface area contributed by atoms with Gasteiger partial charge in [0.25, 0.3) is 0 Å². The molecule has 2 heterocycles. The lowest BCUT2D eigenvalue weighted by Crippen LogP contribution is -2.68. The molecule has 2 aliphatic heterocycles. The highest BCUT2D eigenvalue weighted by Crippen LogP contribution is 2.77. The van der Waals surface area contributed by atoms with Crippen LogP contribution in [0.2, 0.25) is 0 Å². The molecule has 328 valence electrons. The maximum Gasteiger partial charge on any atom is 0.309 e. The maximum atomic E-state index is 15.2. The highest BCUT2D eigenvalue weighted by molar-refractivity contribution is 5.92. The van der Waals surface area contributed by atoms with Crippen LogP contribution in [0.3, 0.4) is 0 Å². The number of benzene rings is 1. The molecule has 6 fully saturated rings. The van der Waals surface area contributed by atoms with Crippen molar-refractivity contribution in [1.82, 2.24) is 9.80 Å². The Morgan fingerprint density at radius 1 is 0.883 bits per heavy atom. The van der Waals surface area contributed by atoms with Crippen molar-refractivity contribution < 1.29 is 33.8 Å². The van der Waals surface area contributed by atoms with Gasteiger partial charge in [0.05, 0.1) is 23.9 Å². The Bertz CT molecular complexity index is 1960. The van der Waals surface area contributed by atoms with Crippen molar-refractivity contribution in [2.24, 2.45) is 62.1 Å². The fraction of sp³-hybridized carbons (Fsp3) is 0.725. The van der Waals surface area contributed by atoms with Crippen LogP contribution in [0, 0.1) is 62.1 Å². The summed E-state index contributed by atoms with van der Waals surface area (Å²) in [5.41, 5.74) is 1.90. The molecule has 2 amide bonds. The van der Waals surface area contributed by atoms with Gasteiger partial charge in [0.1, 0.15) is 11.9 Å². The van der Waals surface area contributed by atoms with E-state index >= 15 is 4.79 Å². The summed E-state index contributed by atoms with van der Waals surface area (Å²) in [5, 5.41) is 9.66. The Morgan fingerprint density at radius 2 is 1.60 bits per heavy atom. The lowest BCUT2D eigenvalue weighted by molar-refractivity contribution is -0.250. The van der Waals surface area contributed by atoms with Gasteiger partial charge in [-0.3, -0.25) is 19.2 Å². The van der Waals surface area contributed by atoms with Crippen molar-refractivity contribution >= 4 is 29.8 Å². The first-order valence-electron chi connectivity index (χ1n) is 23.3. The molecule has 0 radical (unpaired) electrons. The number of esters is 1. The predicted molar refractivity (Wildman–Crippen MR) is 233 cm³/mol. The summed E-state index contributed by atoms with van der Waals surface area (Å²) in [4.78, 5) is 57.5. The number of rotatable bonds is 8. The molecule has 8 rings (SSSR count). The lowest BCUT2D eigenvalue weighted by Gasteiger charge is -2.73. The molecule has 5 saturated carbocycles. The van der Waals surface area contributed by atoms with Crippen LogP contribution in [0.5, 0.6) is 5.75 Å². The number of amides is 2. The minimum absolute atomic E-state index is 0.00220. The number of ether oxygens (including phenoxy) is 2. The predicted octanol–water partition coefficient (Wildman–Crippen LogP) is 9.38. The van der Waals surface area contributed by atoms with E-state index in [-0.39, 0.29) is 51.4 Å². The van der Waals surface area contributed by atoms with Gasteiger partial charge in [-0.1, -0.05) is 52.8 Å². The zero-order valence-electron chi connectivity index (χ0n) is 37.9. The molecule has 1 N–H and O–H groups in total. The van der Waals surface area contributed by atoms with Crippen molar-refractivity contribution in [2.75, 3.05) is 32.8 Å². The molecule has 0 spiro atoms. The Kier molecular flexibility index (Phi) is 10.8. The van der Waals surface area contributed by atoms with Gasteiger partial charge >= 0.3 is 11.9 Å². The van der Waals surface area contributed by atoms with E-state index in [2.05, 4.69) is 59.1 Å². The molecule has 1 saturated heterocycles. The first kappa shape index (κ1) is 43.0. The van der Waals surface area contributed by atoms with Crippen molar-refractivity contribution in [3.05, 3.63) is 47.6 Å². The molecule has 0 unspecified atom stereocenters. The number of hydrogen-bond acceptors (Lipinski definition) is 6. The van der Waals surface area contributed by atoms with Gasteiger partial charge in [-0.25, -0.2) is 0 Å². The third-order valence-electron chi connectivity index (χ3n) is 18.9. The summed E-state index contributed by atoms with van der Waals surface area (Å²) in [6.07, 6.45) is 14.3. The van der Waals surface area contributed by atoms with Crippen molar-refractivity contribution in [1.29, 1.82) is 0 Å². The number of carboxylic acids is 1. The van der Waals surface area contributed by atoms with E-state index in [9.17, 15) is 19.5 Å². The first-order chi connectivity index (χ1) is 28.2. The second-order valence-electron chi connectivity index (χ2n) is 22.5. The number of carbonyl (C=O) groups excluding carboxylic acids is 3. The van der Waals surface area contributed by atoms with Gasteiger partial charge in [-0.05, 0) is 160 Å². The molecule has 9 nitrogen and oxygen atoms in total.